The van der Waals surface area contributed by atoms with Gasteiger partial charge in [-0.2, -0.15) is 0 Å². The molecule has 0 saturated carbocycles. The number of carbonyl (C=O) groups is 1. The minimum atomic E-state index is -0.568. The molecule has 6 heteroatoms. The highest BCUT2D eigenvalue weighted by molar-refractivity contribution is 5.95. The normalized spacial score (nSPS) is 10.0. The number of nitrogens with two attached hydrogens (primary N) is 1. The summed E-state index contributed by atoms with van der Waals surface area (Å²) in [5, 5.41) is 0. The summed E-state index contributed by atoms with van der Waals surface area (Å²) in [4.78, 5) is 11.6. The van der Waals surface area contributed by atoms with Crippen LogP contribution in [0.1, 0.15) is 17.3 Å². The molecule has 3 aromatic rings. The lowest BCUT2D eigenvalue weighted by molar-refractivity contribution is 0.101. The molecule has 0 saturated heterocycles. The molecule has 0 bridgehead atoms. The van der Waals surface area contributed by atoms with Crippen molar-refractivity contribution in [2.24, 2.45) is 0 Å². The molecular weight excluding hydrogens is 369 g/mol. The zero-order chi connectivity index (χ0) is 18.7. The molecule has 0 atom stereocenters. The fourth-order valence-corrected chi connectivity index (χ4v) is 2.61. The molecule has 27 heavy (non-hydrogen) atoms. The number of ether oxygens (including phenoxy) is 2. The minimum absolute atomic E-state index is 0. The number of anilines is 1. The highest BCUT2D eigenvalue weighted by atomic mass is 35.5. The Bertz CT molecular complexity index is 958. The molecule has 3 rings (SSSR count). The van der Waals surface area contributed by atoms with Crippen molar-refractivity contribution >= 4 is 23.9 Å². The zero-order valence-electron chi connectivity index (χ0n) is 14.9. The maximum Gasteiger partial charge on any atom is 0.177 e. The fourth-order valence-electron chi connectivity index (χ4n) is 2.61. The Morgan fingerprint density at radius 3 is 2.30 bits per heavy atom. The van der Waals surface area contributed by atoms with Gasteiger partial charge >= 0.3 is 0 Å². The molecule has 0 heterocycles. The number of hydrogen-bond acceptors (Lipinski definition) is 4. The molecule has 140 valence electrons. The summed E-state index contributed by atoms with van der Waals surface area (Å²) in [7, 11) is 1.47. The summed E-state index contributed by atoms with van der Waals surface area (Å²) >= 11 is 0. The van der Waals surface area contributed by atoms with Gasteiger partial charge in [0.15, 0.2) is 17.3 Å². The van der Waals surface area contributed by atoms with E-state index in [1.54, 1.807) is 54.6 Å². The number of hydrogen-bond donors (Lipinski definition) is 1. The first-order valence-corrected chi connectivity index (χ1v) is 8.01. The van der Waals surface area contributed by atoms with Gasteiger partial charge in [0.2, 0.25) is 0 Å². The second-order valence-corrected chi connectivity index (χ2v) is 5.76. The first-order valence-electron chi connectivity index (χ1n) is 8.01. The van der Waals surface area contributed by atoms with E-state index in [4.69, 9.17) is 15.2 Å². The van der Waals surface area contributed by atoms with E-state index in [-0.39, 0.29) is 29.5 Å². The zero-order valence-corrected chi connectivity index (χ0v) is 15.7. The van der Waals surface area contributed by atoms with E-state index in [9.17, 15) is 4.79 Å². The van der Waals surface area contributed by atoms with Crippen molar-refractivity contribution in [3.05, 3.63) is 72.0 Å². The lowest BCUT2D eigenvalue weighted by atomic mass is 10.00. The van der Waals surface area contributed by atoms with Crippen LogP contribution in [-0.2, 0) is 0 Å². The molecule has 0 fully saturated rings. The Labute approximate surface area is 163 Å². The second-order valence-electron chi connectivity index (χ2n) is 5.76. The number of methoxy groups -OCH3 is 1. The summed E-state index contributed by atoms with van der Waals surface area (Å²) in [6, 6.07) is 16.6. The van der Waals surface area contributed by atoms with Crippen molar-refractivity contribution in [1.82, 2.24) is 0 Å². The van der Waals surface area contributed by atoms with Gasteiger partial charge in [-0.3, -0.25) is 4.79 Å². The van der Waals surface area contributed by atoms with Gasteiger partial charge in [-0.25, -0.2) is 4.39 Å². The van der Waals surface area contributed by atoms with Crippen LogP contribution in [0.25, 0.3) is 11.1 Å². The molecule has 2 N–H and O–H groups in total. The molecule has 0 aliphatic heterocycles. The average molecular weight is 388 g/mol. The summed E-state index contributed by atoms with van der Waals surface area (Å²) in [6.07, 6.45) is 0. The molecule has 0 spiro atoms. The van der Waals surface area contributed by atoms with E-state index < -0.39 is 5.82 Å². The van der Waals surface area contributed by atoms with Gasteiger partial charge in [-0.15, -0.1) is 12.4 Å². The molecule has 0 aliphatic carbocycles. The lowest BCUT2D eigenvalue weighted by Gasteiger charge is -2.14. The first kappa shape index (κ1) is 20.3. The van der Waals surface area contributed by atoms with Crippen LogP contribution in [-0.4, -0.2) is 12.9 Å². The van der Waals surface area contributed by atoms with Crippen LogP contribution in [0, 0.1) is 5.82 Å². The fraction of sp³-hybridized carbons (Fsp3) is 0.0952. The van der Waals surface area contributed by atoms with Crippen LogP contribution in [0.5, 0.6) is 17.2 Å². The van der Waals surface area contributed by atoms with E-state index in [0.717, 1.165) is 0 Å². The molecule has 0 radical (unpaired) electrons. The van der Waals surface area contributed by atoms with Crippen molar-refractivity contribution in [3.63, 3.8) is 0 Å². The maximum atomic E-state index is 15.2. The predicted molar refractivity (Wildman–Crippen MR) is 107 cm³/mol. The molecule has 0 aromatic heterocycles. The average Bonchev–Trinajstić information content (AvgIpc) is 2.65. The smallest absolute Gasteiger partial charge is 0.177 e. The standard InChI is InChI=1S/C21H18FNO3.ClH/c1-13(24)14-4-3-5-15(12-14)20-18(25-2)10-11-19(21(20)22)26-17-8-6-16(23)7-9-17;/h3-12H,23H2,1-2H3;1H. The van der Waals surface area contributed by atoms with Crippen molar-refractivity contribution in [1.29, 1.82) is 0 Å². The molecule has 0 unspecified atom stereocenters. The Balaban J connectivity index is 0.00000261. The minimum Gasteiger partial charge on any atom is -0.496 e. The second kappa shape index (κ2) is 8.56. The predicted octanol–water partition coefficient (Wildman–Crippen LogP) is 5.50. The van der Waals surface area contributed by atoms with Crippen LogP contribution in [0.3, 0.4) is 0 Å². The number of rotatable bonds is 5. The third-order valence-corrected chi connectivity index (χ3v) is 3.95. The largest absolute Gasteiger partial charge is 0.496 e. The van der Waals surface area contributed by atoms with Crippen LogP contribution in [0.4, 0.5) is 10.1 Å². The summed E-state index contributed by atoms with van der Waals surface area (Å²) in [5.74, 6) is 0.209. The molecular formula is C21H19ClFNO3. The number of halogens is 2. The van der Waals surface area contributed by atoms with E-state index in [2.05, 4.69) is 0 Å². The van der Waals surface area contributed by atoms with Gasteiger partial charge in [-0.05, 0) is 55.0 Å². The Hall–Kier alpha value is -3.05. The number of benzene rings is 3. The van der Waals surface area contributed by atoms with Gasteiger partial charge < -0.3 is 15.2 Å². The van der Waals surface area contributed by atoms with Crippen molar-refractivity contribution in [2.45, 2.75) is 6.92 Å². The van der Waals surface area contributed by atoms with Gasteiger partial charge in [-0.1, -0.05) is 18.2 Å². The third-order valence-electron chi connectivity index (χ3n) is 3.95. The number of carbonyl (C=O) groups excluding carboxylic acids is 1. The summed E-state index contributed by atoms with van der Waals surface area (Å²) in [6.45, 7) is 1.47. The highest BCUT2D eigenvalue weighted by Gasteiger charge is 2.18. The van der Waals surface area contributed by atoms with E-state index in [1.165, 1.54) is 20.1 Å². The van der Waals surface area contributed by atoms with Crippen molar-refractivity contribution < 1.29 is 18.7 Å². The van der Waals surface area contributed by atoms with Crippen LogP contribution in [0.2, 0.25) is 0 Å². The maximum absolute atomic E-state index is 15.2. The number of Topliss-reactive ketones (excluding diaryl/α,β-unsaturated/α-hetero) is 1. The van der Waals surface area contributed by atoms with Gasteiger partial charge in [0, 0.05) is 11.3 Å². The quantitative estimate of drug-likeness (QED) is 0.463. The van der Waals surface area contributed by atoms with Crippen molar-refractivity contribution in [3.8, 4) is 28.4 Å². The molecule has 0 amide bonds. The molecule has 0 aliphatic rings. The van der Waals surface area contributed by atoms with Crippen LogP contribution < -0.4 is 15.2 Å². The SMILES string of the molecule is COc1ccc(Oc2ccc(N)cc2)c(F)c1-c1cccc(C(C)=O)c1.Cl. The summed E-state index contributed by atoms with van der Waals surface area (Å²) in [5.41, 5.74) is 7.52. The Morgan fingerprint density at radius 2 is 1.67 bits per heavy atom. The monoisotopic (exact) mass is 387 g/mol. The molecule has 4 nitrogen and oxygen atoms in total. The van der Waals surface area contributed by atoms with E-state index in [0.29, 0.717) is 28.3 Å². The van der Waals surface area contributed by atoms with Crippen LogP contribution >= 0.6 is 12.4 Å². The van der Waals surface area contributed by atoms with Gasteiger partial charge in [0.05, 0.1) is 12.7 Å². The van der Waals surface area contributed by atoms with Crippen LogP contribution in [0.15, 0.2) is 60.7 Å². The van der Waals surface area contributed by atoms with Gasteiger partial charge in [0.25, 0.3) is 0 Å². The van der Waals surface area contributed by atoms with Crippen molar-refractivity contribution in [2.75, 3.05) is 12.8 Å². The number of ketones is 1. The van der Waals surface area contributed by atoms with Gasteiger partial charge in [0.1, 0.15) is 11.5 Å². The number of nitrogen functional groups attached to an aromatic ring is 1. The Kier molecular flexibility index (Phi) is 6.42. The van der Waals surface area contributed by atoms with E-state index >= 15 is 4.39 Å². The third kappa shape index (κ3) is 4.38. The van der Waals surface area contributed by atoms with E-state index in [1.807, 2.05) is 0 Å². The first-order chi connectivity index (χ1) is 12.5. The topological polar surface area (TPSA) is 61.6 Å². The molecule has 3 aromatic carbocycles. The summed E-state index contributed by atoms with van der Waals surface area (Å²) < 4.78 is 26.1. The Morgan fingerprint density at radius 1 is 1.00 bits per heavy atom. The lowest BCUT2D eigenvalue weighted by Crippen LogP contribution is -1.98. The highest BCUT2D eigenvalue weighted by Crippen LogP contribution is 2.39.